The second kappa shape index (κ2) is 7.59. The van der Waals surface area contributed by atoms with Crippen molar-refractivity contribution in [2.45, 2.75) is 13.5 Å². The van der Waals surface area contributed by atoms with Gasteiger partial charge in [-0.2, -0.15) is 5.10 Å². The number of para-hydroxylation sites is 1. The molecule has 4 aromatic rings. The highest BCUT2D eigenvalue weighted by atomic mass is 16.2. The third kappa shape index (κ3) is 3.41. The molecule has 150 valence electrons. The molecule has 10 nitrogen and oxygen atoms in total. The summed E-state index contributed by atoms with van der Waals surface area (Å²) in [7, 11) is 0. The minimum Gasteiger partial charge on any atom is -0.289 e. The molecule has 0 atom stereocenters. The highest BCUT2D eigenvalue weighted by Crippen LogP contribution is 2.12. The third-order valence-electron chi connectivity index (χ3n) is 4.60. The Balaban J connectivity index is 1.50. The number of fused-ring (bicyclic) bond motifs is 2. The first-order valence-corrected chi connectivity index (χ1v) is 8.97. The van der Waals surface area contributed by atoms with Crippen LogP contribution in [0.1, 0.15) is 16.1 Å². The van der Waals surface area contributed by atoms with E-state index in [-0.39, 0.29) is 17.8 Å². The van der Waals surface area contributed by atoms with Crippen LogP contribution in [0.25, 0.3) is 21.7 Å². The molecule has 0 radical (unpaired) electrons. The van der Waals surface area contributed by atoms with Crippen molar-refractivity contribution in [3.63, 3.8) is 0 Å². The van der Waals surface area contributed by atoms with Crippen molar-refractivity contribution in [2.75, 3.05) is 0 Å². The van der Waals surface area contributed by atoms with Gasteiger partial charge in [0.25, 0.3) is 22.9 Å². The first kappa shape index (κ1) is 19.0. The molecule has 10 heteroatoms. The maximum atomic E-state index is 12.6. The summed E-state index contributed by atoms with van der Waals surface area (Å²) in [6, 6.07) is 11.7. The molecule has 0 spiro atoms. The largest absolute Gasteiger partial charge is 0.290 e. The van der Waals surface area contributed by atoms with Crippen LogP contribution in [-0.4, -0.2) is 31.6 Å². The summed E-state index contributed by atoms with van der Waals surface area (Å²) < 4.78 is 1.15. The van der Waals surface area contributed by atoms with Gasteiger partial charge in [-0.1, -0.05) is 30.3 Å². The third-order valence-corrected chi connectivity index (χ3v) is 4.60. The second-order valence-corrected chi connectivity index (χ2v) is 6.60. The Morgan fingerprint density at radius 1 is 1.00 bits per heavy atom. The number of nitrogens with one attached hydrogen (secondary N) is 3. The molecular formula is C20H16N6O4. The normalized spacial score (nSPS) is 10.8. The zero-order valence-corrected chi connectivity index (χ0v) is 15.8. The molecule has 2 amide bonds. The van der Waals surface area contributed by atoms with Gasteiger partial charge in [-0.15, -0.1) is 0 Å². The summed E-state index contributed by atoms with van der Waals surface area (Å²) in [6.07, 6.45) is 1.29. The maximum Gasteiger partial charge on any atom is 0.290 e. The van der Waals surface area contributed by atoms with Crippen LogP contribution in [0.4, 0.5) is 0 Å². The fraction of sp³-hybridized carbons (Fsp3) is 0.100. The number of benzene rings is 2. The Morgan fingerprint density at radius 3 is 2.53 bits per heavy atom. The van der Waals surface area contributed by atoms with E-state index < -0.39 is 17.4 Å². The predicted molar refractivity (Wildman–Crippen MR) is 109 cm³/mol. The number of aromatic amines is 1. The van der Waals surface area contributed by atoms with Gasteiger partial charge in [-0.25, -0.2) is 10.1 Å². The number of hydrogen-bond acceptors (Lipinski definition) is 6. The number of amides is 2. The van der Waals surface area contributed by atoms with Crippen LogP contribution in [0, 0.1) is 6.92 Å². The smallest absolute Gasteiger partial charge is 0.289 e. The zero-order valence-electron chi connectivity index (χ0n) is 15.8. The number of nitrogens with zero attached hydrogens (tertiary/aromatic N) is 3. The van der Waals surface area contributed by atoms with Gasteiger partial charge in [0.1, 0.15) is 6.54 Å². The van der Waals surface area contributed by atoms with Crippen molar-refractivity contribution in [1.82, 2.24) is 30.6 Å². The molecular weight excluding hydrogens is 388 g/mol. The topological polar surface area (TPSA) is 139 Å². The molecule has 0 fully saturated rings. The SMILES string of the molecule is Cc1cccc2c(=O)n(CC(=O)NNC(=O)c3n[nH]c(=O)c4ccccc34)cnc12. The first-order chi connectivity index (χ1) is 14.5. The van der Waals surface area contributed by atoms with Gasteiger partial charge in [0, 0.05) is 5.39 Å². The van der Waals surface area contributed by atoms with E-state index in [1.54, 1.807) is 36.4 Å². The summed E-state index contributed by atoms with van der Waals surface area (Å²) in [5, 5.41) is 7.05. The Morgan fingerprint density at radius 2 is 1.73 bits per heavy atom. The Bertz CT molecular complexity index is 1420. The van der Waals surface area contributed by atoms with Crippen LogP contribution >= 0.6 is 0 Å². The molecule has 0 aliphatic carbocycles. The monoisotopic (exact) mass is 404 g/mol. The van der Waals surface area contributed by atoms with Gasteiger partial charge in [0.05, 0.1) is 22.6 Å². The van der Waals surface area contributed by atoms with Crippen LogP contribution in [0.2, 0.25) is 0 Å². The minimum atomic E-state index is -0.713. The second-order valence-electron chi connectivity index (χ2n) is 6.60. The molecule has 0 aliphatic rings. The average molecular weight is 404 g/mol. The Kier molecular flexibility index (Phi) is 4.80. The molecule has 0 unspecified atom stereocenters. The Hall–Kier alpha value is -4.34. The fourth-order valence-corrected chi connectivity index (χ4v) is 3.12. The average Bonchev–Trinajstić information content (AvgIpc) is 2.75. The van der Waals surface area contributed by atoms with E-state index in [0.29, 0.717) is 21.7 Å². The fourth-order valence-electron chi connectivity index (χ4n) is 3.12. The van der Waals surface area contributed by atoms with Gasteiger partial charge >= 0.3 is 0 Å². The van der Waals surface area contributed by atoms with Crippen molar-refractivity contribution in [3.05, 3.63) is 80.8 Å². The Labute approximate surface area is 168 Å². The summed E-state index contributed by atoms with van der Waals surface area (Å²) in [5.74, 6) is -1.34. The van der Waals surface area contributed by atoms with Crippen molar-refractivity contribution in [3.8, 4) is 0 Å². The number of aromatic nitrogens is 4. The van der Waals surface area contributed by atoms with Crippen molar-refractivity contribution >= 4 is 33.5 Å². The summed E-state index contributed by atoms with van der Waals surface area (Å²) in [4.78, 5) is 53.3. The lowest BCUT2D eigenvalue weighted by atomic mass is 10.1. The van der Waals surface area contributed by atoms with Crippen molar-refractivity contribution in [2.24, 2.45) is 0 Å². The molecule has 30 heavy (non-hydrogen) atoms. The van der Waals surface area contributed by atoms with E-state index in [1.807, 2.05) is 13.0 Å². The van der Waals surface area contributed by atoms with Gasteiger partial charge in [-0.3, -0.25) is 34.6 Å². The number of carbonyl (C=O) groups excluding carboxylic acids is 2. The van der Waals surface area contributed by atoms with E-state index in [2.05, 4.69) is 26.0 Å². The predicted octanol–water partition coefficient (Wildman–Crippen LogP) is 0.403. The highest BCUT2D eigenvalue weighted by Gasteiger charge is 2.15. The molecule has 0 bridgehead atoms. The van der Waals surface area contributed by atoms with Crippen LogP contribution in [0.5, 0.6) is 0 Å². The maximum absolute atomic E-state index is 12.6. The van der Waals surface area contributed by atoms with E-state index >= 15 is 0 Å². The molecule has 3 N–H and O–H groups in total. The quantitative estimate of drug-likeness (QED) is 0.423. The molecule has 4 rings (SSSR count). The van der Waals surface area contributed by atoms with Gasteiger partial charge in [0.15, 0.2) is 5.69 Å². The van der Waals surface area contributed by atoms with E-state index in [9.17, 15) is 19.2 Å². The van der Waals surface area contributed by atoms with Crippen LogP contribution in [0.15, 0.2) is 58.4 Å². The van der Waals surface area contributed by atoms with Crippen LogP contribution in [-0.2, 0) is 11.3 Å². The number of hydrazine groups is 1. The standard InChI is InChI=1S/C20H16N6O4/c1-11-5-4-8-14-16(11)21-10-26(20(14)30)9-15(27)22-25-19(29)17-12-6-2-3-7-13(12)18(28)24-23-17/h2-8,10H,9H2,1H3,(H,22,27)(H,24,28)(H,25,29). The highest BCUT2D eigenvalue weighted by molar-refractivity contribution is 6.05. The molecule has 2 heterocycles. The summed E-state index contributed by atoms with van der Waals surface area (Å²) in [6.45, 7) is 1.51. The van der Waals surface area contributed by atoms with Crippen molar-refractivity contribution in [1.29, 1.82) is 0 Å². The lowest BCUT2D eigenvalue weighted by Gasteiger charge is -2.10. The van der Waals surface area contributed by atoms with Crippen LogP contribution in [0.3, 0.4) is 0 Å². The van der Waals surface area contributed by atoms with E-state index in [4.69, 9.17) is 0 Å². The number of aryl methyl sites for hydroxylation is 1. The molecule has 0 saturated heterocycles. The number of carbonyl (C=O) groups is 2. The number of H-pyrrole nitrogens is 1. The van der Waals surface area contributed by atoms with Gasteiger partial charge < -0.3 is 0 Å². The van der Waals surface area contributed by atoms with Crippen LogP contribution < -0.4 is 22.0 Å². The lowest BCUT2D eigenvalue weighted by Crippen LogP contribution is -2.44. The zero-order chi connectivity index (χ0) is 21.3. The van der Waals surface area contributed by atoms with Gasteiger partial charge in [-0.05, 0) is 24.6 Å². The van der Waals surface area contributed by atoms with E-state index in [1.165, 1.54) is 6.33 Å². The number of rotatable bonds is 3. The van der Waals surface area contributed by atoms with E-state index in [0.717, 1.165) is 10.1 Å². The molecule has 0 aliphatic heterocycles. The molecule has 2 aromatic heterocycles. The van der Waals surface area contributed by atoms with Crippen molar-refractivity contribution < 1.29 is 9.59 Å². The number of hydrogen-bond donors (Lipinski definition) is 3. The first-order valence-electron chi connectivity index (χ1n) is 8.97. The lowest BCUT2D eigenvalue weighted by molar-refractivity contribution is -0.122. The minimum absolute atomic E-state index is 0.0505. The van der Waals surface area contributed by atoms with Gasteiger partial charge in [0.2, 0.25) is 0 Å². The summed E-state index contributed by atoms with van der Waals surface area (Å²) >= 11 is 0. The molecule has 2 aromatic carbocycles. The summed E-state index contributed by atoms with van der Waals surface area (Å²) in [5.41, 5.74) is 5.06. The molecule has 0 saturated carbocycles.